The maximum Gasteiger partial charge on any atom is 0.145 e. The van der Waals surface area contributed by atoms with Gasteiger partial charge in [0, 0.05) is 28.2 Å². The predicted molar refractivity (Wildman–Crippen MR) is 162 cm³/mol. The van der Waals surface area contributed by atoms with Gasteiger partial charge in [0.25, 0.3) is 0 Å². The molecule has 4 aromatic carbocycles. The number of aromatic amines is 1. The van der Waals surface area contributed by atoms with E-state index in [-0.39, 0.29) is 0 Å². The second kappa shape index (κ2) is 9.58. The van der Waals surface area contributed by atoms with Gasteiger partial charge in [0.05, 0.1) is 16.9 Å². The normalized spacial score (nSPS) is 11.6. The van der Waals surface area contributed by atoms with E-state index in [1.54, 1.807) is 0 Å². The Morgan fingerprint density at radius 2 is 1.36 bits per heavy atom. The summed E-state index contributed by atoms with van der Waals surface area (Å²) >= 11 is 0. The van der Waals surface area contributed by atoms with Gasteiger partial charge < -0.3 is 0 Å². The number of aromatic nitrogens is 4. The average molecular weight is 503 g/mol. The number of pyridine rings is 1. The molecule has 39 heavy (non-hydrogen) atoms. The van der Waals surface area contributed by atoms with Gasteiger partial charge in [0.2, 0.25) is 0 Å². The lowest BCUT2D eigenvalue weighted by molar-refractivity contribution is 1.05. The van der Waals surface area contributed by atoms with Gasteiger partial charge >= 0.3 is 0 Å². The Morgan fingerprint density at radius 3 is 2.15 bits per heavy atom. The molecule has 0 bridgehead atoms. The summed E-state index contributed by atoms with van der Waals surface area (Å²) < 4.78 is 2.26. The first kappa shape index (κ1) is 22.9. The van der Waals surface area contributed by atoms with Gasteiger partial charge in [0.1, 0.15) is 5.65 Å². The number of H-pyrrole nitrogens is 1. The number of nitrogens with one attached hydrogen (secondary N) is 1. The van der Waals surface area contributed by atoms with Crippen molar-refractivity contribution in [2.24, 2.45) is 0 Å². The van der Waals surface area contributed by atoms with Crippen LogP contribution in [0.3, 0.4) is 0 Å². The summed E-state index contributed by atoms with van der Waals surface area (Å²) in [6.45, 7) is 2.00. The Balaban J connectivity index is 1.37. The predicted octanol–water partition coefficient (Wildman–Crippen LogP) is 8.71. The molecular formula is C35H26N4. The van der Waals surface area contributed by atoms with Crippen LogP contribution in [0.2, 0.25) is 0 Å². The highest BCUT2D eigenvalue weighted by molar-refractivity contribution is 6.07. The molecule has 3 heterocycles. The molecule has 0 spiro atoms. The van der Waals surface area contributed by atoms with Crippen LogP contribution in [-0.4, -0.2) is 19.7 Å². The van der Waals surface area contributed by atoms with Crippen molar-refractivity contribution in [3.63, 3.8) is 0 Å². The molecule has 1 N–H and O–H groups in total. The molecule has 7 rings (SSSR count). The SMILES string of the molecule is Cc1cc(-c2cc(-c3ccc(/C=C/c4ccccc4)cc3)cc(-n3c4ccccc4c4cccnc43)c2)[nH]n1. The third kappa shape index (κ3) is 4.32. The van der Waals surface area contributed by atoms with Crippen molar-refractivity contribution in [3.8, 4) is 28.1 Å². The van der Waals surface area contributed by atoms with E-state index in [1.165, 1.54) is 10.9 Å². The molecule has 4 heteroatoms. The van der Waals surface area contributed by atoms with E-state index in [9.17, 15) is 0 Å². The quantitative estimate of drug-likeness (QED) is 0.239. The largest absolute Gasteiger partial charge is 0.294 e. The van der Waals surface area contributed by atoms with Crippen molar-refractivity contribution in [1.82, 2.24) is 19.7 Å². The molecule has 0 saturated carbocycles. The Labute approximate surface area is 226 Å². The first-order valence-electron chi connectivity index (χ1n) is 13.1. The van der Waals surface area contributed by atoms with E-state index < -0.39 is 0 Å². The molecule has 0 radical (unpaired) electrons. The molecule has 0 atom stereocenters. The van der Waals surface area contributed by atoms with Crippen LogP contribution in [0.25, 0.3) is 62.2 Å². The Kier molecular flexibility index (Phi) is 5.64. The van der Waals surface area contributed by atoms with Gasteiger partial charge in [-0.2, -0.15) is 5.10 Å². The highest BCUT2D eigenvalue weighted by Crippen LogP contribution is 2.35. The van der Waals surface area contributed by atoms with Crippen molar-refractivity contribution in [2.75, 3.05) is 0 Å². The van der Waals surface area contributed by atoms with Crippen molar-refractivity contribution >= 4 is 34.1 Å². The molecule has 7 aromatic rings. The van der Waals surface area contributed by atoms with Crippen LogP contribution in [0.1, 0.15) is 16.8 Å². The molecule has 0 amide bonds. The summed E-state index contributed by atoms with van der Waals surface area (Å²) in [5.41, 5.74) is 10.8. The van der Waals surface area contributed by atoms with E-state index in [0.717, 1.165) is 55.9 Å². The van der Waals surface area contributed by atoms with Crippen molar-refractivity contribution in [1.29, 1.82) is 0 Å². The summed E-state index contributed by atoms with van der Waals surface area (Å²) in [5, 5.41) is 9.94. The molecule has 0 aliphatic heterocycles. The molecule has 3 aromatic heterocycles. The van der Waals surface area contributed by atoms with Crippen LogP contribution < -0.4 is 0 Å². The lowest BCUT2D eigenvalue weighted by Gasteiger charge is -2.13. The minimum atomic E-state index is 0.948. The van der Waals surface area contributed by atoms with E-state index in [1.807, 2.05) is 25.3 Å². The number of nitrogens with zero attached hydrogens (tertiary/aromatic N) is 3. The monoisotopic (exact) mass is 502 g/mol. The Bertz CT molecular complexity index is 1900. The highest BCUT2D eigenvalue weighted by Gasteiger charge is 2.15. The third-order valence-corrected chi connectivity index (χ3v) is 7.14. The van der Waals surface area contributed by atoms with Crippen molar-refractivity contribution in [3.05, 3.63) is 138 Å². The summed E-state index contributed by atoms with van der Waals surface area (Å²) in [6.07, 6.45) is 6.16. The number of hydrogen-bond acceptors (Lipinski definition) is 2. The molecule has 0 unspecified atom stereocenters. The lowest BCUT2D eigenvalue weighted by atomic mass is 9.99. The average Bonchev–Trinajstić information content (AvgIpc) is 3.58. The van der Waals surface area contributed by atoms with Crippen LogP contribution in [0.15, 0.2) is 121 Å². The number of fused-ring (bicyclic) bond motifs is 3. The highest BCUT2D eigenvalue weighted by atomic mass is 15.1. The molecule has 0 aliphatic rings. The zero-order valence-corrected chi connectivity index (χ0v) is 21.5. The number of para-hydroxylation sites is 1. The van der Waals surface area contributed by atoms with Gasteiger partial charge in [-0.25, -0.2) is 4.98 Å². The van der Waals surface area contributed by atoms with Crippen LogP contribution in [0.4, 0.5) is 0 Å². The van der Waals surface area contributed by atoms with Gasteiger partial charge in [0.15, 0.2) is 0 Å². The molecule has 0 saturated heterocycles. The molecule has 0 fully saturated rings. The smallest absolute Gasteiger partial charge is 0.145 e. The summed E-state index contributed by atoms with van der Waals surface area (Å²) in [7, 11) is 0. The second-order valence-electron chi connectivity index (χ2n) is 9.78. The molecular weight excluding hydrogens is 476 g/mol. The van der Waals surface area contributed by atoms with Crippen molar-refractivity contribution in [2.45, 2.75) is 6.92 Å². The first-order chi connectivity index (χ1) is 19.2. The first-order valence-corrected chi connectivity index (χ1v) is 13.1. The van der Waals surface area contributed by atoms with Crippen LogP contribution in [-0.2, 0) is 0 Å². The van der Waals surface area contributed by atoms with Crippen LogP contribution in [0.5, 0.6) is 0 Å². The van der Waals surface area contributed by atoms with E-state index in [2.05, 4.69) is 130 Å². The molecule has 0 aliphatic carbocycles. The summed E-state index contributed by atoms with van der Waals surface area (Å²) in [4.78, 5) is 4.80. The summed E-state index contributed by atoms with van der Waals surface area (Å²) in [6, 6.07) is 40.5. The fourth-order valence-electron chi connectivity index (χ4n) is 5.23. The van der Waals surface area contributed by atoms with E-state index >= 15 is 0 Å². The maximum absolute atomic E-state index is 4.80. The third-order valence-electron chi connectivity index (χ3n) is 7.14. The fraction of sp³-hybridized carbons (Fsp3) is 0.0286. The second-order valence-corrected chi connectivity index (χ2v) is 9.78. The van der Waals surface area contributed by atoms with Crippen molar-refractivity contribution < 1.29 is 0 Å². The number of benzene rings is 4. The Hall–Kier alpha value is -5.22. The fourth-order valence-corrected chi connectivity index (χ4v) is 5.23. The van der Waals surface area contributed by atoms with Gasteiger partial charge in [-0.3, -0.25) is 9.67 Å². The van der Waals surface area contributed by atoms with Gasteiger partial charge in [-0.1, -0.05) is 84.9 Å². The van der Waals surface area contributed by atoms with Gasteiger partial charge in [-0.15, -0.1) is 0 Å². The number of hydrogen-bond donors (Lipinski definition) is 1. The molecule has 4 nitrogen and oxygen atoms in total. The topological polar surface area (TPSA) is 46.5 Å². The van der Waals surface area contributed by atoms with Crippen LogP contribution in [0, 0.1) is 6.92 Å². The number of aryl methyl sites for hydroxylation is 1. The van der Waals surface area contributed by atoms with Crippen LogP contribution >= 0.6 is 0 Å². The standard InChI is InChI=1S/C35H26N4/c1-24-20-33(38-37-24)29-21-28(27-17-15-26(16-18-27)14-13-25-8-3-2-4-9-25)22-30(23-29)39-34-12-6-5-10-31(34)32-11-7-19-36-35(32)39/h2-23H,1H3,(H,37,38)/b14-13+. The van der Waals surface area contributed by atoms with Gasteiger partial charge in [-0.05, 0) is 71.6 Å². The Morgan fingerprint density at radius 1 is 0.641 bits per heavy atom. The zero-order chi connectivity index (χ0) is 26.2. The molecule has 186 valence electrons. The zero-order valence-electron chi connectivity index (χ0n) is 21.5. The summed E-state index contributed by atoms with van der Waals surface area (Å²) in [5.74, 6) is 0. The van der Waals surface area contributed by atoms with E-state index in [0.29, 0.717) is 0 Å². The lowest BCUT2D eigenvalue weighted by Crippen LogP contribution is -1.97. The minimum absolute atomic E-state index is 0.948. The number of rotatable bonds is 5. The van der Waals surface area contributed by atoms with E-state index in [4.69, 9.17) is 4.98 Å². The maximum atomic E-state index is 4.80. The minimum Gasteiger partial charge on any atom is -0.294 e.